The Hall–Kier alpha value is -4.18. The van der Waals surface area contributed by atoms with Crippen LogP contribution < -0.4 is 25.8 Å². The molecular weight excluding hydrogens is 520 g/mol. The molecule has 0 amide bonds. The first-order valence-corrected chi connectivity index (χ1v) is 13.2. The molecule has 0 fully saturated rings. The van der Waals surface area contributed by atoms with Crippen LogP contribution in [-0.4, -0.2) is 50.3 Å². The number of unbranched alkanes of at least 4 members (excludes halogenated alkanes) is 1. The number of hydrogen-bond donors (Lipinski definition) is 1. The van der Waals surface area contributed by atoms with Crippen molar-refractivity contribution in [1.29, 1.82) is 0 Å². The summed E-state index contributed by atoms with van der Waals surface area (Å²) in [4.78, 5) is 40.6. The van der Waals surface area contributed by atoms with Crippen LogP contribution in [-0.2, 0) is 14.3 Å². The Morgan fingerprint density at radius 1 is 0.974 bits per heavy atom. The number of thioether (sulfide) groups is 1. The van der Waals surface area contributed by atoms with Gasteiger partial charge in [0.2, 0.25) is 5.91 Å². The number of anilines is 1. The molecule has 0 unspecified atom stereocenters. The smallest absolute Gasteiger partial charge is 0.357 e. The van der Waals surface area contributed by atoms with Gasteiger partial charge in [0.25, 0.3) is 0 Å². The van der Waals surface area contributed by atoms with Crippen molar-refractivity contribution in [2.75, 3.05) is 33.7 Å². The minimum Gasteiger partial charge on any atom is -0.497 e. The standard InChI is InChI=1S/C29H30N2O7S/c1-5-6-15-38-28(33)24-22(30)21(16-17-7-11-19(35-2)12-8-17)23-26(29(34)37-4)39-25(27(32)31(23)24)18-9-13-20(36-3)14-10-18/h7-14,16,25H,5-6,15,30H2,1-4H3/b21-16+/t25-/m1/s1. The molecule has 3 aromatic rings. The SMILES string of the molecule is CCCCOC(=O)c1c(N)/c(=C\c2ccc(OC)cc2)c2n1C(=O)[C@@H](c1ccc(OC)cc1)SC=2C(=O)OC. The molecule has 9 nitrogen and oxygen atoms in total. The van der Waals surface area contributed by atoms with E-state index in [-0.39, 0.29) is 28.2 Å². The van der Waals surface area contributed by atoms with E-state index in [9.17, 15) is 14.4 Å². The fourth-order valence-electron chi connectivity index (χ4n) is 4.21. The van der Waals surface area contributed by atoms with Gasteiger partial charge in [-0.1, -0.05) is 49.4 Å². The average Bonchev–Trinajstić information content (AvgIpc) is 3.25. The van der Waals surface area contributed by atoms with Gasteiger partial charge in [0.05, 0.1) is 39.0 Å². The van der Waals surface area contributed by atoms with Gasteiger partial charge in [-0.05, 0) is 47.9 Å². The Balaban J connectivity index is 2.00. The monoisotopic (exact) mass is 550 g/mol. The molecule has 1 atom stereocenters. The van der Waals surface area contributed by atoms with E-state index in [0.717, 1.165) is 23.7 Å². The van der Waals surface area contributed by atoms with Crippen LogP contribution in [0.25, 0.3) is 11.0 Å². The van der Waals surface area contributed by atoms with Crippen molar-refractivity contribution in [3.05, 3.63) is 75.9 Å². The fraction of sp³-hybridized carbons (Fsp3) is 0.276. The summed E-state index contributed by atoms with van der Waals surface area (Å²) in [6.45, 7) is 2.15. The number of nitrogens with two attached hydrogens (primary N) is 1. The van der Waals surface area contributed by atoms with Gasteiger partial charge in [-0.3, -0.25) is 9.36 Å². The lowest BCUT2D eigenvalue weighted by atomic mass is 10.1. The average molecular weight is 551 g/mol. The van der Waals surface area contributed by atoms with E-state index in [1.807, 2.05) is 6.92 Å². The Morgan fingerprint density at radius 3 is 2.15 bits per heavy atom. The van der Waals surface area contributed by atoms with Crippen molar-refractivity contribution >= 4 is 46.3 Å². The summed E-state index contributed by atoms with van der Waals surface area (Å²) in [5, 5.41) is -0.310. The van der Waals surface area contributed by atoms with Gasteiger partial charge in [0.1, 0.15) is 21.7 Å². The second-order valence-electron chi connectivity index (χ2n) is 8.70. The summed E-state index contributed by atoms with van der Waals surface area (Å²) in [5.41, 5.74) is 7.82. The number of benzene rings is 2. The van der Waals surface area contributed by atoms with Gasteiger partial charge < -0.3 is 24.7 Å². The number of nitrogens with zero attached hydrogens (tertiary/aromatic N) is 1. The first kappa shape index (κ1) is 27.8. The number of aromatic nitrogens is 1. The summed E-state index contributed by atoms with van der Waals surface area (Å²) < 4.78 is 22.3. The van der Waals surface area contributed by atoms with Crippen LogP contribution in [0.15, 0.2) is 48.5 Å². The number of nitrogen functional groups attached to an aromatic ring is 1. The highest BCUT2D eigenvalue weighted by molar-refractivity contribution is 8.10. The Bertz CT molecular complexity index is 1510. The van der Waals surface area contributed by atoms with E-state index in [0.29, 0.717) is 28.7 Å². The molecule has 1 aromatic heterocycles. The van der Waals surface area contributed by atoms with Crippen molar-refractivity contribution in [1.82, 2.24) is 4.57 Å². The van der Waals surface area contributed by atoms with Crippen LogP contribution >= 0.6 is 11.8 Å². The van der Waals surface area contributed by atoms with E-state index in [1.54, 1.807) is 68.8 Å². The van der Waals surface area contributed by atoms with Crippen molar-refractivity contribution in [3.8, 4) is 11.5 Å². The number of methoxy groups -OCH3 is 3. The number of esters is 2. The van der Waals surface area contributed by atoms with Gasteiger partial charge in [-0.2, -0.15) is 0 Å². The van der Waals surface area contributed by atoms with E-state index in [2.05, 4.69) is 0 Å². The molecule has 0 saturated carbocycles. The van der Waals surface area contributed by atoms with Crippen molar-refractivity contribution < 1.29 is 33.3 Å². The third-order valence-corrected chi connectivity index (χ3v) is 7.59. The highest BCUT2D eigenvalue weighted by Crippen LogP contribution is 2.40. The molecule has 39 heavy (non-hydrogen) atoms. The van der Waals surface area contributed by atoms with Gasteiger partial charge in [0.15, 0.2) is 5.69 Å². The molecule has 204 valence electrons. The van der Waals surface area contributed by atoms with Crippen molar-refractivity contribution in [3.63, 3.8) is 0 Å². The summed E-state index contributed by atoms with van der Waals surface area (Å²) >= 11 is 1.05. The highest BCUT2D eigenvalue weighted by atomic mass is 32.2. The molecule has 0 radical (unpaired) electrons. The molecule has 0 spiro atoms. The molecule has 4 rings (SSSR count). The zero-order valence-electron chi connectivity index (χ0n) is 22.2. The first-order chi connectivity index (χ1) is 18.8. The molecule has 1 aliphatic heterocycles. The van der Waals surface area contributed by atoms with E-state index in [1.165, 1.54) is 11.7 Å². The Labute approximate surface area is 230 Å². The quantitative estimate of drug-likeness (QED) is 0.316. The van der Waals surface area contributed by atoms with Crippen LogP contribution in [0.3, 0.4) is 0 Å². The van der Waals surface area contributed by atoms with Crippen molar-refractivity contribution in [2.24, 2.45) is 0 Å². The molecule has 0 saturated heterocycles. The molecular formula is C29H30N2O7S. The number of carbonyl (C=O) groups is 3. The number of hydrogen-bond acceptors (Lipinski definition) is 9. The summed E-state index contributed by atoms with van der Waals surface area (Å²) in [5.74, 6) is -0.549. The number of rotatable bonds is 9. The summed E-state index contributed by atoms with van der Waals surface area (Å²) in [6.07, 6.45) is 3.19. The molecule has 2 heterocycles. The predicted octanol–water partition coefficient (Wildman–Crippen LogP) is 3.28. The van der Waals surface area contributed by atoms with Crippen LogP contribution in [0.2, 0.25) is 0 Å². The van der Waals surface area contributed by atoms with Crippen LogP contribution in [0.1, 0.15) is 51.4 Å². The Morgan fingerprint density at radius 2 is 1.59 bits per heavy atom. The number of carbonyl (C=O) groups excluding carboxylic acids is 3. The van der Waals surface area contributed by atoms with Crippen LogP contribution in [0.4, 0.5) is 5.69 Å². The maximum Gasteiger partial charge on any atom is 0.357 e. The van der Waals surface area contributed by atoms with E-state index in [4.69, 9.17) is 24.7 Å². The zero-order valence-corrected chi connectivity index (χ0v) is 23.0. The Kier molecular flexibility index (Phi) is 8.65. The molecule has 0 aliphatic carbocycles. The second-order valence-corrected chi connectivity index (χ2v) is 9.81. The van der Waals surface area contributed by atoms with Crippen LogP contribution in [0, 0.1) is 0 Å². The maximum atomic E-state index is 14.0. The first-order valence-electron chi connectivity index (χ1n) is 12.3. The second kappa shape index (κ2) is 12.1. The van der Waals surface area contributed by atoms with Gasteiger partial charge in [0, 0.05) is 5.22 Å². The molecule has 0 bridgehead atoms. The minimum atomic E-state index is -0.847. The number of fused-ring (bicyclic) bond motifs is 1. The van der Waals surface area contributed by atoms with Gasteiger partial charge in [-0.15, -0.1) is 0 Å². The number of ether oxygens (including phenoxy) is 4. The third-order valence-electron chi connectivity index (χ3n) is 6.28. The summed E-state index contributed by atoms with van der Waals surface area (Å²) in [6, 6.07) is 14.1. The normalized spacial score (nSPS) is 15.1. The highest BCUT2D eigenvalue weighted by Gasteiger charge is 2.38. The van der Waals surface area contributed by atoms with Gasteiger partial charge in [-0.25, -0.2) is 9.59 Å². The lowest BCUT2D eigenvalue weighted by molar-refractivity contribution is -0.133. The topological polar surface area (TPSA) is 119 Å². The van der Waals surface area contributed by atoms with Crippen LogP contribution in [0.5, 0.6) is 11.5 Å². The summed E-state index contributed by atoms with van der Waals surface area (Å²) in [7, 11) is 4.37. The zero-order chi connectivity index (χ0) is 28.1. The van der Waals surface area contributed by atoms with E-state index >= 15 is 0 Å². The molecule has 2 aromatic carbocycles. The minimum absolute atomic E-state index is 0.0352. The third kappa shape index (κ3) is 5.51. The predicted molar refractivity (Wildman–Crippen MR) is 149 cm³/mol. The molecule has 10 heteroatoms. The van der Waals surface area contributed by atoms with Gasteiger partial charge >= 0.3 is 11.9 Å². The maximum absolute atomic E-state index is 14.0. The lowest BCUT2D eigenvalue weighted by Gasteiger charge is -2.23. The van der Waals surface area contributed by atoms with Crippen molar-refractivity contribution in [2.45, 2.75) is 25.0 Å². The molecule has 1 aliphatic rings. The largest absolute Gasteiger partial charge is 0.497 e. The van der Waals surface area contributed by atoms with E-state index < -0.39 is 23.1 Å². The fourth-order valence-corrected chi connectivity index (χ4v) is 5.44. The molecule has 2 N–H and O–H groups in total. The lowest BCUT2D eigenvalue weighted by Crippen LogP contribution is -2.42.